The Balaban J connectivity index is 1.65. The Morgan fingerprint density at radius 1 is 1.08 bits per heavy atom. The van der Waals surface area contributed by atoms with E-state index in [1.54, 1.807) is 13.2 Å². The lowest BCUT2D eigenvalue weighted by molar-refractivity contribution is 0.0760. The molecule has 0 unspecified atom stereocenters. The van der Waals surface area contributed by atoms with Crippen molar-refractivity contribution in [2.45, 2.75) is 13.0 Å². The summed E-state index contributed by atoms with van der Waals surface area (Å²) >= 11 is 3.49. The predicted molar refractivity (Wildman–Crippen MR) is 103 cm³/mol. The van der Waals surface area contributed by atoms with Crippen molar-refractivity contribution in [3.8, 4) is 5.75 Å². The van der Waals surface area contributed by atoms with Crippen LogP contribution in [-0.2, 0) is 6.54 Å². The molecule has 4 nitrogen and oxygen atoms in total. The molecular weight excluding hydrogens is 380 g/mol. The van der Waals surface area contributed by atoms with E-state index in [4.69, 9.17) is 4.74 Å². The summed E-state index contributed by atoms with van der Waals surface area (Å²) in [6.07, 6.45) is 0.986. The van der Waals surface area contributed by atoms with Crippen LogP contribution in [0, 0.1) is 0 Å². The molecule has 132 valence electrons. The van der Waals surface area contributed by atoms with E-state index in [9.17, 15) is 4.79 Å². The van der Waals surface area contributed by atoms with Gasteiger partial charge in [0.05, 0.1) is 12.7 Å². The van der Waals surface area contributed by atoms with Gasteiger partial charge in [-0.1, -0.05) is 30.3 Å². The number of methoxy groups -OCH3 is 1. The number of carbonyl (C=O) groups excluding carboxylic acids is 1. The van der Waals surface area contributed by atoms with Gasteiger partial charge in [-0.3, -0.25) is 9.69 Å². The van der Waals surface area contributed by atoms with Crippen LogP contribution in [0.4, 0.5) is 0 Å². The van der Waals surface area contributed by atoms with E-state index in [1.807, 2.05) is 23.1 Å². The summed E-state index contributed by atoms with van der Waals surface area (Å²) in [6, 6.07) is 16.0. The van der Waals surface area contributed by atoms with Crippen LogP contribution in [0.3, 0.4) is 0 Å². The minimum absolute atomic E-state index is 0.0623. The van der Waals surface area contributed by atoms with Gasteiger partial charge in [0.15, 0.2) is 0 Å². The number of benzene rings is 2. The molecule has 1 aliphatic heterocycles. The van der Waals surface area contributed by atoms with Crippen LogP contribution < -0.4 is 4.74 Å². The quantitative estimate of drug-likeness (QED) is 0.779. The van der Waals surface area contributed by atoms with Gasteiger partial charge >= 0.3 is 0 Å². The van der Waals surface area contributed by atoms with Crippen molar-refractivity contribution >= 4 is 21.8 Å². The van der Waals surface area contributed by atoms with Crippen molar-refractivity contribution in [2.24, 2.45) is 0 Å². The second kappa shape index (κ2) is 8.50. The van der Waals surface area contributed by atoms with Crippen molar-refractivity contribution in [2.75, 3.05) is 33.3 Å². The first-order valence-corrected chi connectivity index (χ1v) is 9.36. The van der Waals surface area contributed by atoms with E-state index >= 15 is 0 Å². The fraction of sp³-hybridized carbons (Fsp3) is 0.350. The second-order valence-electron chi connectivity index (χ2n) is 6.25. The van der Waals surface area contributed by atoms with Crippen LogP contribution in [0.1, 0.15) is 22.3 Å². The van der Waals surface area contributed by atoms with Crippen LogP contribution in [0.25, 0.3) is 0 Å². The molecule has 1 fully saturated rings. The van der Waals surface area contributed by atoms with Gasteiger partial charge in [0.1, 0.15) is 5.75 Å². The number of amides is 1. The average Bonchev–Trinajstić information content (AvgIpc) is 2.88. The Labute approximate surface area is 157 Å². The molecule has 5 heteroatoms. The third-order valence-electron chi connectivity index (χ3n) is 4.53. The molecule has 0 radical (unpaired) electrons. The number of nitrogens with zero attached hydrogens (tertiary/aromatic N) is 2. The molecule has 1 amide bonds. The molecule has 3 rings (SSSR count). The second-order valence-corrected chi connectivity index (χ2v) is 7.11. The maximum Gasteiger partial charge on any atom is 0.255 e. The van der Waals surface area contributed by atoms with Gasteiger partial charge in [0.25, 0.3) is 5.91 Å². The Morgan fingerprint density at radius 2 is 1.88 bits per heavy atom. The van der Waals surface area contributed by atoms with E-state index in [-0.39, 0.29) is 5.91 Å². The van der Waals surface area contributed by atoms with Crippen LogP contribution in [0.2, 0.25) is 0 Å². The van der Waals surface area contributed by atoms with Gasteiger partial charge in [-0.05, 0) is 46.1 Å². The lowest BCUT2D eigenvalue weighted by atomic mass is 10.2. The van der Waals surface area contributed by atoms with Crippen LogP contribution in [0.15, 0.2) is 53.0 Å². The van der Waals surface area contributed by atoms with Gasteiger partial charge in [0, 0.05) is 37.2 Å². The molecule has 0 aromatic heterocycles. The summed E-state index contributed by atoms with van der Waals surface area (Å²) in [5.41, 5.74) is 1.98. The highest BCUT2D eigenvalue weighted by molar-refractivity contribution is 9.10. The smallest absolute Gasteiger partial charge is 0.255 e. The minimum atomic E-state index is 0.0623. The predicted octanol–water partition coefficient (Wildman–Crippen LogP) is 3.81. The topological polar surface area (TPSA) is 32.8 Å². The number of hydrogen-bond donors (Lipinski definition) is 0. The normalized spacial score (nSPS) is 15.7. The van der Waals surface area contributed by atoms with Crippen LogP contribution >= 0.6 is 15.9 Å². The van der Waals surface area contributed by atoms with Crippen LogP contribution in [-0.4, -0.2) is 49.0 Å². The van der Waals surface area contributed by atoms with Gasteiger partial charge in [-0.25, -0.2) is 0 Å². The van der Waals surface area contributed by atoms with Gasteiger partial charge in [-0.2, -0.15) is 0 Å². The zero-order valence-electron chi connectivity index (χ0n) is 14.5. The molecule has 0 aliphatic carbocycles. The Hall–Kier alpha value is -1.85. The van der Waals surface area contributed by atoms with E-state index < -0.39 is 0 Å². The molecule has 1 aliphatic rings. The molecule has 2 aromatic carbocycles. The summed E-state index contributed by atoms with van der Waals surface area (Å²) in [5.74, 6) is 0.763. The number of rotatable bonds is 4. The highest BCUT2D eigenvalue weighted by atomic mass is 79.9. The highest BCUT2D eigenvalue weighted by Gasteiger charge is 2.22. The van der Waals surface area contributed by atoms with Crippen molar-refractivity contribution in [1.29, 1.82) is 0 Å². The van der Waals surface area contributed by atoms with Crippen molar-refractivity contribution < 1.29 is 9.53 Å². The SMILES string of the molecule is COc1ccc(Br)c(C(=O)N2CCCN(Cc3ccccc3)CC2)c1. The number of halogens is 1. The first-order chi connectivity index (χ1) is 12.2. The van der Waals surface area contributed by atoms with Crippen molar-refractivity contribution in [3.63, 3.8) is 0 Å². The molecule has 0 N–H and O–H groups in total. The molecule has 1 heterocycles. The fourth-order valence-electron chi connectivity index (χ4n) is 3.14. The van der Waals surface area contributed by atoms with Gasteiger partial charge in [-0.15, -0.1) is 0 Å². The molecular formula is C20H23BrN2O2. The lowest BCUT2D eigenvalue weighted by Gasteiger charge is -2.22. The Morgan fingerprint density at radius 3 is 2.64 bits per heavy atom. The van der Waals surface area contributed by atoms with E-state index in [2.05, 4.69) is 45.1 Å². The minimum Gasteiger partial charge on any atom is -0.497 e. The summed E-state index contributed by atoms with van der Waals surface area (Å²) in [4.78, 5) is 17.3. The van der Waals surface area contributed by atoms with E-state index in [0.29, 0.717) is 11.3 Å². The molecule has 0 atom stereocenters. The Kier molecular flexibility index (Phi) is 6.10. The molecule has 2 aromatic rings. The summed E-state index contributed by atoms with van der Waals surface area (Å²) < 4.78 is 6.06. The van der Waals surface area contributed by atoms with Crippen molar-refractivity contribution in [3.05, 3.63) is 64.1 Å². The lowest BCUT2D eigenvalue weighted by Crippen LogP contribution is -2.35. The summed E-state index contributed by atoms with van der Waals surface area (Å²) in [7, 11) is 1.62. The first-order valence-electron chi connectivity index (χ1n) is 8.56. The molecule has 1 saturated heterocycles. The highest BCUT2D eigenvalue weighted by Crippen LogP contribution is 2.24. The van der Waals surface area contributed by atoms with Gasteiger partial charge in [0.2, 0.25) is 0 Å². The average molecular weight is 403 g/mol. The van der Waals surface area contributed by atoms with Gasteiger partial charge < -0.3 is 9.64 Å². The molecule has 0 bridgehead atoms. The fourth-order valence-corrected chi connectivity index (χ4v) is 3.56. The van der Waals surface area contributed by atoms with E-state index in [0.717, 1.165) is 43.6 Å². The van der Waals surface area contributed by atoms with Crippen LogP contribution in [0.5, 0.6) is 5.75 Å². The standard InChI is InChI=1S/C20H23BrN2O2/c1-25-17-8-9-19(21)18(14-17)20(24)23-11-5-10-22(12-13-23)15-16-6-3-2-4-7-16/h2-4,6-9,14H,5,10-13,15H2,1H3. The number of hydrogen-bond acceptors (Lipinski definition) is 3. The maximum atomic E-state index is 12.9. The zero-order chi connectivity index (χ0) is 17.6. The number of carbonyl (C=O) groups is 1. The monoisotopic (exact) mass is 402 g/mol. The molecule has 25 heavy (non-hydrogen) atoms. The summed E-state index contributed by atoms with van der Waals surface area (Å²) in [5, 5.41) is 0. The van der Waals surface area contributed by atoms with E-state index in [1.165, 1.54) is 5.56 Å². The molecule has 0 saturated carbocycles. The third-order valence-corrected chi connectivity index (χ3v) is 5.22. The largest absolute Gasteiger partial charge is 0.497 e. The third kappa shape index (κ3) is 4.61. The first kappa shape index (κ1) is 18.0. The number of ether oxygens (including phenoxy) is 1. The zero-order valence-corrected chi connectivity index (χ0v) is 16.0. The van der Waals surface area contributed by atoms with Crippen molar-refractivity contribution in [1.82, 2.24) is 9.80 Å². The Bertz CT molecular complexity index is 721. The molecule has 0 spiro atoms. The summed E-state index contributed by atoms with van der Waals surface area (Å²) in [6.45, 7) is 4.37. The maximum absolute atomic E-state index is 12.9.